The molecule has 0 aromatic carbocycles. The van der Waals surface area contributed by atoms with Gasteiger partial charge in [0, 0.05) is 25.7 Å². The molecule has 0 radical (unpaired) electrons. The minimum Gasteiger partial charge on any atom is -0.372 e. The zero-order chi connectivity index (χ0) is 14.1. The molecule has 1 N–H and O–H groups in total. The molecule has 2 aromatic rings. The number of halogens is 1. The molecule has 0 aliphatic heterocycles. The summed E-state index contributed by atoms with van der Waals surface area (Å²) in [6.07, 6.45) is 5.28. The number of hydrogen-bond acceptors (Lipinski definition) is 4. The summed E-state index contributed by atoms with van der Waals surface area (Å²) in [4.78, 5) is 9.39. The van der Waals surface area contributed by atoms with Crippen LogP contribution in [0.1, 0.15) is 37.8 Å². The Morgan fingerprint density at radius 1 is 1.40 bits per heavy atom. The Morgan fingerprint density at radius 2 is 2.20 bits per heavy atom. The molecule has 1 aliphatic rings. The Balaban J connectivity index is 2.08. The molecule has 2 heterocycles. The summed E-state index contributed by atoms with van der Waals surface area (Å²) in [6, 6.07) is 1.98. The smallest absolute Gasteiger partial charge is 0.180 e. The number of hydrogen-bond donors (Lipinski definition) is 1. The first-order chi connectivity index (χ1) is 9.74. The number of rotatable bonds is 5. The lowest BCUT2D eigenvalue weighted by Gasteiger charge is -2.11. The van der Waals surface area contributed by atoms with Crippen molar-refractivity contribution >= 4 is 21.7 Å². The van der Waals surface area contributed by atoms with Crippen LogP contribution in [-0.4, -0.2) is 26.8 Å². The van der Waals surface area contributed by atoms with Gasteiger partial charge >= 0.3 is 0 Å². The monoisotopic (exact) mass is 335 g/mol. The summed E-state index contributed by atoms with van der Waals surface area (Å²) in [5.74, 6) is 2.17. The van der Waals surface area contributed by atoms with E-state index in [-0.39, 0.29) is 0 Å². The van der Waals surface area contributed by atoms with Crippen molar-refractivity contribution in [1.82, 2.24) is 19.7 Å². The van der Waals surface area contributed by atoms with Gasteiger partial charge in [-0.3, -0.25) is 4.68 Å². The largest absolute Gasteiger partial charge is 0.372 e. The Bertz CT molecular complexity index is 618. The van der Waals surface area contributed by atoms with Crippen molar-refractivity contribution in [3.63, 3.8) is 0 Å². The zero-order valence-corrected chi connectivity index (χ0v) is 13.3. The lowest BCUT2D eigenvalue weighted by atomic mass is 10.2. The summed E-state index contributed by atoms with van der Waals surface area (Å²) in [7, 11) is 1.89. The molecule has 0 atom stereocenters. The van der Waals surface area contributed by atoms with Gasteiger partial charge in [0.2, 0.25) is 0 Å². The first-order valence-electron chi connectivity index (χ1n) is 7.02. The van der Waals surface area contributed by atoms with Crippen molar-refractivity contribution in [1.29, 1.82) is 0 Å². The van der Waals surface area contributed by atoms with E-state index in [9.17, 15) is 0 Å². The van der Waals surface area contributed by atoms with E-state index < -0.39 is 0 Å². The Morgan fingerprint density at radius 3 is 2.85 bits per heavy atom. The van der Waals surface area contributed by atoms with Crippen LogP contribution < -0.4 is 5.32 Å². The van der Waals surface area contributed by atoms with Crippen LogP contribution in [0.5, 0.6) is 0 Å². The van der Waals surface area contributed by atoms with Crippen molar-refractivity contribution in [3.05, 3.63) is 22.4 Å². The molecule has 1 saturated carbocycles. The average Bonchev–Trinajstić information content (AvgIpc) is 3.19. The molecule has 1 aliphatic carbocycles. The van der Waals surface area contributed by atoms with Gasteiger partial charge in [-0.1, -0.05) is 6.92 Å². The molecule has 5 nitrogen and oxygen atoms in total. The maximum atomic E-state index is 4.77. The van der Waals surface area contributed by atoms with Crippen LogP contribution in [0.3, 0.4) is 0 Å². The lowest BCUT2D eigenvalue weighted by molar-refractivity contribution is 0.606. The quantitative estimate of drug-likeness (QED) is 0.909. The lowest BCUT2D eigenvalue weighted by Crippen LogP contribution is -2.07. The number of anilines is 1. The highest BCUT2D eigenvalue weighted by Gasteiger charge is 2.29. The summed E-state index contributed by atoms with van der Waals surface area (Å²) < 4.78 is 2.96. The first kappa shape index (κ1) is 13.5. The summed E-state index contributed by atoms with van der Waals surface area (Å²) in [5.41, 5.74) is 2.10. The van der Waals surface area contributed by atoms with E-state index in [1.165, 1.54) is 12.8 Å². The maximum Gasteiger partial charge on any atom is 0.180 e. The maximum absolute atomic E-state index is 4.77. The number of nitrogens with zero attached hydrogens (tertiary/aromatic N) is 4. The van der Waals surface area contributed by atoms with E-state index in [1.807, 2.05) is 24.0 Å². The van der Waals surface area contributed by atoms with Crippen LogP contribution in [-0.2, 0) is 6.54 Å². The summed E-state index contributed by atoms with van der Waals surface area (Å²) in [5, 5.41) is 7.50. The minimum atomic E-state index is 0.570. The van der Waals surface area contributed by atoms with Crippen LogP contribution in [0.4, 0.5) is 5.82 Å². The highest BCUT2D eigenvalue weighted by atomic mass is 79.9. The van der Waals surface area contributed by atoms with Crippen molar-refractivity contribution in [2.24, 2.45) is 0 Å². The molecular formula is C14H18BrN5. The van der Waals surface area contributed by atoms with Gasteiger partial charge < -0.3 is 5.32 Å². The van der Waals surface area contributed by atoms with E-state index >= 15 is 0 Å². The van der Waals surface area contributed by atoms with E-state index in [0.29, 0.717) is 5.92 Å². The van der Waals surface area contributed by atoms with Crippen LogP contribution in [0.15, 0.2) is 16.7 Å². The summed E-state index contributed by atoms with van der Waals surface area (Å²) >= 11 is 3.62. The second kappa shape index (κ2) is 5.52. The molecular weight excluding hydrogens is 318 g/mol. The molecule has 20 heavy (non-hydrogen) atoms. The van der Waals surface area contributed by atoms with Gasteiger partial charge in [-0.2, -0.15) is 5.10 Å². The normalized spacial score (nSPS) is 14.6. The van der Waals surface area contributed by atoms with Crippen molar-refractivity contribution in [2.45, 2.75) is 38.6 Å². The summed E-state index contributed by atoms with van der Waals surface area (Å²) in [6.45, 7) is 3.03. The Hall–Kier alpha value is -1.43. The Kier molecular flexibility index (Phi) is 3.74. The van der Waals surface area contributed by atoms with Gasteiger partial charge in [0.25, 0.3) is 0 Å². The van der Waals surface area contributed by atoms with E-state index in [0.717, 1.165) is 40.5 Å². The molecule has 0 amide bonds. The topological polar surface area (TPSA) is 55.6 Å². The van der Waals surface area contributed by atoms with Crippen LogP contribution >= 0.6 is 15.9 Å². The molecule has 0 saturated heterocycles. The third kappa shape index (κ3) is 2.44. The fourth-order valence-electron chi connectivity index (χ4n) is 2.28. The van der Waals surface area contributed by atoms with E-state index in [2.05, 4.69) is 38.3 Å². The van der Waals surface area contributed by atoms with Gasteiger partial charge in [0.05, 0.1) is 10.2 Å². The minimum absolute atomic E-state index is 0.570. The average molecular weight is 336 g/mol. The SMILES string of the molecule is CCCn1nccc1-c1nc(NC)c(Br)c(C2CC2)n1. The van der Waals surface area contributed by atoms with Crippen LogP contribution in [0.2, 0.25) is 0 Å². The second-order valence-electron chi connectivity index (χ2n) is 5.06. The fourth-order valence-corrected chi connectivity index (χ4v) is 2.98. The second-order valence-corrected chi connectivity index (χ2v) is 5.85. The molecule has 6 heteroatoms. The molecule has 106 valence electrons. The Labute approximate surface area is 127 Å². The molecule has 3 rings (SSSR count). The fraction of sp³-hybridized carbons (Fsp3) is 0.500. The molecule has 0 unspecified atom stereocenters. The predicted octanol–water partition coefficient (Wildman–Crippen LogP) is 3.43. The third-order valence-corrected chi connectivity index (χ3v) is 4.24. The van der Waals surface area contributed by atoms with E-state index in [1.54, 1.807) is 0 Å². The zero-order valence-electron chi connectivity index (χ0n) is 11.7. The highest BCUT2D eigenvalue weighted by molar-refractivity contribution is 9.10. The van der Waals surface area contributed by atoms with Crippen molar-refractivity contribution in [3.8, 4) is 11.5 Å². The number of aryl methyl sites for hydroxylation is 1. The van der Waals surface area contributed by atoms with Crippen LogP contribution in [0.25, 0.3) is 11.5 Å². The first-order valence-corrected chi connectivity index (χ1v) is 7.81. The van der Waals surface area contributed by atoms with E-state index in [4.69, 9.17) is 4.98 Å². The molecule has 0 bridgehead atoms. The van der Waals surface area contributed by atoms with Gasteiger partial charge in [-0.15, -0.1) is 0 Å². The van der Waals surface area contributed by atoms with Crippen molar-refractivity contribution in [2.75, 3.05) is 12.4 Å². The van der Waals surface area contributed by atoms with Crippen LogP contribution in [0, 0.1) is 0 Å². The van der Waals surface area contributed by atoms with Gasteiger partial charge in [-0.05, 0) is 41.3 Å². The van der Waals surface area contributed by atoms with Gasteiger partial charge in [0.1, 0.15) is 11.5 Å². The van der Waals surface area contributed by atoms with Gasteiger partial charge in [0.15, 0.2) is 5.82 Å². The predicted molar refractivity (Wildman–Crippen MR) is 82.8 cm³/mol. The number of nitrogens with one attached hydrogen (secondary N) is 1. The van der Waals surface area contributed by atoms with Crippen molar-refractivity contribution < 1.29 is 0 Å². The van der Waals surface area contributed by atoms with Gasteiger partial charge in [-0.25, -0.2) is 9.97 Å². The molecule has 2 aromatic heterocycles. The number of aromatic nitrogens is 4. The molecule has 0 spiro atoms. The standard InChI is InChI=1S/C14H18BrN5/c1-3-8-20-10(6-7-17-20)13-18-12(9-4-5-9)11(15)14(16-2)19-13/h6-7,9H,3-5,8H2,1-2H3,(H,16,18,19). The highest BCUT2D eigenvalue weighted by Crippen LogP contribution is 2.44. The molecule has 1 fully saturated rings. The third-order valence-electron chi connectivity index (χ3n) is 3.46.